The fraction of sp³-hybridized carbons (Fsp3) is 0.700. The lowest BCUT2D eigenvalue weighted by Gasteiger charge is -2.45. The zero-order valence-electron chi connectivity index (χ0n) is 33.6. The monoisotopic (exact) mass is 781 g/mol. The number of ether oxygens (including phenoxy) is 2. The molecule has 5 heterocycles. The maximum absolute atomic E-state index is 14.4. The number of nitrogens with one attached hydrogen (secondary N) is 2. The van der Waals surface area contributed by atoms with Gasteiger partial charge in [0.1, 0.15) is 22.6 Å². The zero-order valence-corrected chi connectivity index (χ0v) is 34.4. The minimum absolute atomic E-state index is 0.0243. The van der Waals surface area contributed by atoms with E-state index in [2.05, 4.69) is 37.4 Å². The number of rotatable bonds is 18. The van der Waals surface area contributed by atoms with E-state index in [4.69, 9.17) is 9.47 Å². The Morgan fingerprint density at radius 3 is 2.24 bits per heavy atom. The van der Waals surface area contributed by atoms with Crippen LogP contribution in [-0.4, -0.2) is 106 Å². The first-order valence-electron chi connectivity index (χ1n) is 19.7. The third-order valence-corrected chi connectivity index (χ3v) is 12.6. The highest BCUT2D eigenvalue weighted by molar-refractivity contribution is 7.09. The van der Waals surface area contributed by atoms with Crippen molar-refractivity contribution in [2.75, 3.05) is 27.2 Å². The van der Waals surface area contributed by atoms with E-state index in [0.29, 0.717) is 29.1 Å². The summed E-state index contributed by atoms with van der Waals surface area (Å²) in [4.78, 5) is 83.9. The summed E-state index contributed by atoms with van der Waals surface area (Å²) in [6.07, 6.45) is 8.55. The van der Waals surface area contributed by atoms with Crippen LogP contribution >= 0.6 is 11.3 Å². The lowest BCUT2D eigenvalue weighted by molar-refractivity contribution is -0.149. The number of aromatic nitrogens is 3. The highest BCUT2D eigenvalue weighted by atomic mass is 32.1. The number of aryl methyl sites for hydroxylation is 1. The van der Waals surface area contributed by atoms with Gasteiger partial charge < -0.3 is 25.0 Å². The molecule has 15 heteroatoms. The molecule has 55 heavy (non-hydrogen) atoms. The predicted octanol–water partition coefficient (Wildman–Crippen LogP) is 4.27. The average Bonchev–Trinajstić information content (AvgIpc) is 3.90. The van der Waals surface area contributed by atoms with Crippen LogP contribution in [0, 0.1) is 36.5 Å². The fourth-order valence-corrected chi connectivity index (χ4v) is 8.98. The number of thiazole rings is 1. The van der Waals surface area contributed by atoms with E-state index >= 15 is 0 Å². The molecule has 4 aliphatic rings. The van der Waals surface area contributed by atoms with Crippen LogP contribution in [0.3, 0.4) is 0 Å². The Morgan fingerprint density at radius 1 is 1.00 bits per heavy atom. The van der Waals surface area contributed by atoms with E-state index in [-0.39, 0.29) is 54.3 Å². The number of methoxy groups -OCH3 is 1. The summed E-state index contributed by atoms with van der Waals surface area (Å²) in [5, 5.41) is 8.24. The molecule has 14 nitrogen and oxygen atoms in total. The van der Waals surface area contributed by atoms with Gasteiger partial charge >= 0.3 is 11.9 Å². The summed E-state index contributed by atoms with van der Waals surface area (Å²) in [6, 6.07) is -1.75. The van der Waals surface area contributed by atoms with Crippen molar-refractivity contribution >= 4 is 41.0 Å². The van der Waals surface area contributed by atoms with E-state index in [9.17, 15) is 24.0 Å². The SMILES string of the molecule is COC(=O)[C@@H](C)C[C@H](Cc1ncc(C)cn1)NC(=O)c1csc([C@@H](C[C@H](C(C)C)N(C)C(=O)[C@@H](NC(=O)[C@H]2CC3CCN2CC3)[C@@H](C)C2CC2)OC(C)=O)n1. The number of amides is 3. The number of fused-ring (bicyclic) bond motifs is 3. The molecule has 2 aromatic rings. The van der Waals surface area contributed by atoms with Crippen LogP contribution < -0.4 is 10.6 Å². The molecule has 302 valence electrons. The number of carbonyl (C=O) groups excluding carboxylic acids is 5. The smallest absolute Gasteiger partial charge is 0.308 e. The molecule has 2 N–H and O–H groups in total. The average molecular weight is 782 g/mol. The maximum Gasteiger partial charge on any atom is 0.308 e. The second kappa shape index (κ2) is 18.8. The molecule has 1 saturated carbocycles. The summed E-state index contributed by atoms with van der Waals surface area (Å²) in [6.45, 7) is 12.9. The van der Waals surface area contributed by atoms with E-state index in [1.54, 1.807) is 36.6 Å². The van der Waals surface area contributed by atoms with E-state index in [0.717, 1.165) is 50.8 Å². The summed E-state index contributed by atoms with van der Waals surface area (Å²) in [5.41, 5.74) is 1.04. The van der Waals surface area contributed by atoms with Gasteiger partial charge in [-0.2, -0.15) is 0 Å². The number of nitrogens with zero attached hydrogens (tertiary/aromatic N) is 5. The van der Waals surface area contributed by atoms with Gasteiger partial charge in [0.05, 0.1) is 19.1 Å². The molecule has 3 aliphatic heterocycles. The molecule has 6 rings (SSSR count). The van der Waals surface area contributed by atoms with Gasteiger partial charge in [0, 0.05) is 56.7 Å². The van der Waals surface area contributed by atoms with E-state index in [1.807, 2.05) is 20.8 Å². The van der Waals surface area contributed by atoms with Gasteiger partial charge in [-0.05, 0) is 87.8 Å². The van der Waals surface area contributed by atoms with Crippen molar-refractivity contribution in [3.05, 3.63) is 39.9 Å². The molecule has 1 aliphatic carbocycles. The zero-order chi connectivity index (χ0) is 40.0. The van der Waals surface area contributed by atoms with Crippen LogP contribution in [0.5, 0.6) is 0 Å². The highest BCUT2D eigenvalue weighted by Gasteiger charge is 2.44. The maximum atomic E-state index is 14.4. The quantitative estimate of drug-likeness (QED) is 0.207. The van der Waals surface area contributed by atoms with Crippen molar-refractivity contribution in [2.45, 2.75) is 123 Å². The minimum atomic E-state index is -0.831. The van der Waals surface area contributed by atoms with Crippen molar-refractivity contribution in [3.63, 3.8) is 0 Å². The van der Waals surface area contributed by atoms with Crippen molar-refractivity contribution < 1.29 is 33.4 Å². The van der Waals surface area contributed by atoms with Gasteiger partial charge in [-0.3, -0.25) is 28.9 Å². The standard InChI is InChI=1S/C40H59N7O7S/c1-22(2)31(46(7)39(51)35(25(5)28-9-10-28)45-37(50)32-16-27-11-13-47(32)14-12-27)18-33(54-26(6)48)38-44-30(21-55-38)36(49)43-29(15-24(4)40(52)53-8)17-34-41-19-23(3)20-42-34/h19-22,24-25,27-29,31-33,35H,9-18H2,1-8H3,(H,43,49)(H,45,50)/t24-,25-,29+,31+,32+,33+,35-/m0/s1. The van der Waals surface area contributed by atoms with Gasteiger partial charge in [0.15, 0.2) is 6.10 Å². The Balaban J connectivity index is 1.31. The lowest BCUT2D eigenvalue weighted by Crippen LogP contribution is -2.60. The normalized spacial score (nSPS) is 22.5. The van der Waals surface area contributed by atoms with Crippen molar-refractivity contribution in [1.29, 1.82) is 0 Å². The number of hydrogen-bond acceptors (Lipinski definition) is 12. The summed E-state index contributed by atoms with van der Waals surface area (Å²) in [5.74, 6) is -0.681. The molecule has 0 unspecified atom stereocenters. The number of piperidine rings is 3. The van der Waals surface area contributed by atoms with E-state index in [1.165, 1.54) is 25.4 Å². The molecular weight excluding hydrogens is 723 g/mol. The Bertz CT molecular complexity index is 1660. The third kappa shape index (κ3) is 11.1. The number of esters is 2. The molecule has 2 aromatic heterocycles. The Hall–Kier alpha value is -3.98. The van der Waals surface area contributed by atoms with Crippen molar-refractivity contribution in [2.24, 2.45) is 29.6 Å². The third-order valence-electron chi connectivity index (χ3n) is 11.7. The van der Waals surface area contributed by atoms with Gasteiger partial charge in [-0.1, -0.05) is 27.7 Å². The number of likely N-dealkylation sites (N-methyl/N-ethyl adjacent to an activating group) is 1. The Labute approximate surface area is 328 Å². The minimum Gasteiger partial charge on any atom is -0.469 e. The summed E-state index contributed by atoms with van der Waals surface area (Å²) in [7, 11) is 3.09. The summed E-state index contributed by atoms with van der Waals surface area (Å²) >= 11 is 1.20. The van der Waals surface area contributed by atoms with Crippen LogP contribution in [0.25, 0.3) is 0 Å². The Kier molecular flexibility index (Phi) is 14.4. The van der Waals surface area contributed by atoms with Crippen LogP contribution in [0.2, 0.25) is 0 Å². The molecule has 3 saturated heterocycles. The topological polar surface area (TPSA) is 173 Å². The van der Waals surface area contributed by atoms with Gasteiger partial charge in [-0.15, -0.1) is 11.3 Å². The molecular formula is C40H59N7O7S. The van der Waals surface area contributed by atoms with Gasteiger partial charge in [-0.25, -0.2) is 15.0 Å². The van der Waals surface area contributed by atoms with E-state index < -0.39 is 42.0 Å². The van der Waals surface area contributed by atoms with Crippen molar-refractivity contribution in [3.8, 4) is 0 Å². The molecule has 0 radical (unpaired) electrons. The predicted molar refractivity (Wildman–Crippen MR) is 207 cm³/mol. The molecule has 0 spiro atoms. The largest absolute Gasteiger partial charge is 0.469 e. The fourth-order valence-electron chi connectivity index (χ4n) is 8.14. The number of hydrogen-bond donors (Lipinski definition) is 2. The second-order valence-electron chi connectivity index (χ2n) is 16.3. The molecule has 3 amide bonds. The molecule has 4 fully saturated rings. The van der Waals surface area contributed by atoms with Crippen LogP contribution in [-0.2, 0) is 35.1 Å². The lowest BCUT2D eigenvalue weighted by atomic mass is 9.82. The van der Waals surface area contributed by atoms with Crippen LogP contribution in [0.15, 0.2) is 17.8 Å². The van der Waals surface area contributed by atoms with Gasteiger partial charge in [0.2, 0.25) is 11.8 Å². The first-order valence-corrected chi connectivity index (χ1v) is 20.6. The first-order chi connectivity index (χ1) is 26.1. The van der Waals surface area contributed by atoms with Crippen molar-refractivity contribution in [1.82, 2.24) is 35.4 Å². The highest BCUT2D eigenvalue weighted by Crippen LogP contribution is 2.40. The summed E-state index contributed by atoms with van der Waals surface area (Å²) < 4.78 is 10.7. The number of carbonyl (C=O) groups is 5. The molecule has 0 aromatic carbocycles. The Morgan fingerprint density at radius 2 is 1.67 bits per heavy atom. The van der Waals surface area contributed by atoms with Crippen LogP contribution in [0.4, 0.5) is 0 Å². The van der Waals surface area contributed by atoms with Gasteiger partial charge in [0.25, 0.3) is 5.91 Å². The molecule has 7 atom stereocenters. The first kappa shape index (κ1) is 42.2. The second-order valence-corrected chi connectivity index (χ2v) is 17.2. The van der Waals surface area contributed by atoms with Crippen LogP contribution in [0.1, 0.15) is 113 Å². The molecule has 2 bridgehead atoms.